The molecule has 0 radical (unpaired) electrons. The molecular weight excluding hydrogens is 276 g/mol. The van der Waals surface area contributed by atoms with Gasteiger partial charge in [-0.05, 0) is 13.8 Å². The lowest BCUT2D eigenvalue weighted by Gasteiger charge is -2.17. The number of rotatable bonds is 8. The van der Waals surface area contributed by atoms with E-state index in [1.165, 1.54) is 11.0 Å². The van der Waals surface area contributed by atoms with Crippen molar-refractivity contribution in [2.75, 3.05) is 38.7 Å². The molecule has 21 heavy (non-hydrogen) atoms. The number of pyridine rings is 1. The van der Waals surface area contributed by atoms with Gasteiger partial charge in [0.2, 0.25) is 0 Å². The summed E-state index contributed by atoms with van der Waals surface area (Å²) in [6.07, 6.45) is 1.10. The summed E-state index contributed by atoms with van der Waals surface area (Å²) in [6, 6.07) is 1.40. The fourth-order valence-electron chi connectivity index (χ4n) is 1.70. The first kappa shape index (κ1) is 16.8. The van der Waals surface area contributed by atoms with Crippen LogP contribution >= 0.6 is 0 Å². The van der Waals surface area contributed by atoms with Crippen LogP contribution in [-0.2, 0) is 4.74 Å². The first-order valence-electron chi connectivity index (χ1n) is 6.72. The minimum absolute atomic E-state index is 0.0185. The van der Waals surface area contributed by atoms with E-state index in [0.29, 0.717) is 32.1 Å². The zero-order valence-corrected chi connectivity index (χ0v) is 12.5. The molecule has 1 aromatic rings. The fraction of sp³-hybridized carbons (Fsp3) is 0.538. The number of amides is 1. The van der Waals surface area contributed by atoms with E-state index in [1.807, 2.05) is 13.8 Å². The van der Waals surface area contributed by atoms with E-state index in [9.17, 15) is 14.9 Å². The van der Waals surface area contributed by atoms with E-state index in [1.54, 1.807) is 7.05 Å². The molecule has 0 aromatic carbocycles. The molecule has 0 saturated heterocycles. The summed E-state index contributed by atoms with van der Waals surface area (Å²) >= 11 is 0. The van der Waals surface area contributed by atoms with Crippen molar-refractivity contribution in [1.29, 1.82) is 0 Å². The Labute approximate surface area is 123 Å². The third-order valence-corrected chi connectivity index (χ3v) is 2.79. The Morgan fingerprint density at radius 1 is 1.52 bits per heavy atom. The van der Waals surface area contributed by atoms with Gasteiger partial charge in [-0.15, -0.1) is 0 Å². The van der Waals surface area contributed by atoms with Crippen molar-refractivity contribution < 1.29 is 14.5 Å². The number of likely N-dealkylation sites (N-methyl/N-ethyl adjacent to an activating group) is 1. The van der Waals surface area contributed by atoms with Crippen molar-refractivity contribution in [2.24, 2.45) is 0 Å². The molecule has 0 aliphatic heterocycles. The van der Waals surface area contributed by atoms with Gasteiger partial charge < -0.3 is 15.0 Å². The highest BCUT2D eigenvalue weighted by Crippen LogP contribution is 2.21. The summed E-state index contributed by atoms with van der Waals surface area (Å²) in [5.41, 5.74) is -0.283. The van der Waals surface area contributed by atoms with Crippen molar-refractivity contribution in [1.82, 2.24) is 9.88 Å². The van der Waals surface area contributed by atoms with Gasteiger partial charge in [-0.3, -0.25) is 14.9 Å². The fourth-order valence-corrected chi connectivity index (χ4v) is 1.70. The Morgan fingerprint density at radius 2 is 2.24 bits per heavy atom. The third-order valence-electron chi connectivity index (χ3n) is 2.79. The molecule has 0 unspecified atom stereocenters. The Balaban J connectivity index is 2.98. The van der Waals surface area contributed by atoms with Crippen LogP contribution in [0.4, 0.5) is 11.5 Å². The molecule has 1 aromatic heterocycles. The van der Waals surface area contributed by atoms with Crippen molar-refractivity contribution in [3.05, 3.63) is 27.9 Å². The molecular formula is C13H20N4O4. The number of hydrogen-bond donors (Lipinski definition) is 1. The number of nitro groups is 1. The van der Waals surface area contributed by atoms with Gasteiger partial charge in [0, 0.05) is 32.8 Å². The minimum Gasteiger partial charge on any atom is -0.380 e. The van der Waals surface area contributed by atoms with E-state index < -0.39 is 10.8 Å². The van der Waals surface area contributed by atoms with Crippen LogP contribution in [0, 0.1) is 10.1 Å². The average molecular weight is 296 g/mol. The topological polar surface area (TPSA) is 97.6 Å². The van der Waals surface area contributed by atoms with E-state index >= 15 is 0 Å². The number of carbonyl (C=O) groups excluding carboxylic acids is 1. The molecule has 1 amide bonds. The largest absolute Gasteiger partial charge is 0.380 e. The van der Waals surface area contributed by atoms with Crippen LogP contribution in [0.25, 0.3) is 0 Å². The first-order valence-corrected chi connectivity index (χ1v) is 6.72. The summed E-state index contributed by atoms with van der Waals surface area (Å²) in [5, 5.41) is 14.0. The van der Waals surface area contributed by atoms with E-state index in [4.69, 9.17) is 4.74 Å². The molecule has 116 valence electrons. The van der Waals surface area contributed by atoms with Gasteiger partial charge >= 0.3 is 0 Å². The average Bonchev–Trinajstić information content (AvgIpc) is 2.46. The molecule has 1 rings (SSSR count). The van der Waals surface area contributed by atoms with Crippen LogP contribution in [0.1, 0.15) is 24.2 Å². The first-order chi connectivity index (χ1) is 10.0. The second kappa shape index (κ2) is 8.15. The highest BCUT2D eigenvalue weighted by atomic mass is 16.6. The second-order valence-corrected chi connectivity index (χ2v) is 4.30. The zero-order chi connectivity index (χ0) is 15.8. The van der Waals surface area contributed by atoms with Crippen LogP contribution in [0.3, 0.4) is 0 Å². The predicted molar refractivity (Wildman–Crippen MR) is 78.5 cm³/mol. The van der Waals surface area contributed by atoms with Gasteiger partial charge in [0.1, 0.15) is 17.6 Å². The lowest BCUT2D eigenvalue weighted by Crippen LogP contribution is -2.30. The van der Waals surface area contributed by atoms with E-state index in [2.05, 4.69) is 10.3 Å². The van der Waals surface area contributed by atoms with Gasteiger partial charge in [0.15, 0.2) is 0 Å². The molecule has 0 aliphatic carbocycles. The lowest BCUT2D eigenvalue weighted by molar-refractivity contribution is -0.385. The van der Waals surface area contributed by atoms with Gasteiger partial charge in [-0.2, -0.15) is 0 Å². The van der Waals surface area contributed by atoms with Crippen molar-refractivity contribution >= 4 is 17.4 Å². The lowest BCUT2D eigenvalue weighted by atomic mass is 10.2. The number of aromatic nitrogens is 1. The monoisotopic (exact) mass is 296 g/mol. The highest BCUT2D eigenvalue weighted by Gasteiger charge is 2.24. The Kier molecular flexibility index (Phi) is 6.54. The molecule has 0 aliphatic rings. The molecule has 0 saturated carbocycles. The van der Waals surface area contributed by atoms with E-state index in [0.717, 1.165) is 6.20 Å². The second-order valence-electron chi connectivity index (χ2n) is 4.30. The van der Waals surface area contributed by atoms with Crippen LogP contribution in [0.15, 0.2) is 12.3 Å². The number of carbonyl (C=O) groups is 1. The van der Waals surface area contributed by atoms with E-state index in [-0.39, 0.29) is 11.3 Å². The highest BCUT2D eigenvalue weighted by molar-refractivity contribution is 5.98. The van der Waals surface area contributed by atoms with Crippen LogP contribution in [0.2, 0.25) is 0 Å². The summed E-state index contributed by atoms with van der Waals surface area (Å²) in [7, 11) is 1.58. The summed E-state index contributed by atoms with van der Waals surface area (Å²) in [5.74, 6) is 0.00705. The maximum Gasteiger partial charge on any atom is 0.300 e. The standard InChI is InChI=1S/C13H20N4O4/c1-4-14-12-8-10(11(9-15-12)17(19)20)13(18)16(3)6-7-21-5-2/h8-9H,4-7H2,1-3H3,(H,14,15). The molecule has 1 N–H and O–H groups in total. The third kappa shape index (κ3) is 4.67. The normalized spacial score (nSPS) is 10.2. The Hall–Kier alpha value is -2.22. The van der Waals surface area contributed by atoms with Crippen LogP contribution < -0.4 is 5.32 Å². The SMILES string of the molecule is CCNc1cc(C(=O)N(C)CCOCC)c([N+](=O)[O-])cn1. The Morgan fingerprint density at radius 3 is 2.81 bits per heavy atom. The molecule has 0 bridgehead atoms. The minimum atomic E-state index is -0.605. The predicted octanol–water partition coefficient (Wildman–Crippen LogP) is 1.53. The number of ether oxygens (including phenoxy) is 1. The summed E-state index contributed by atoms with van der Waals surface area (Å²) < 4.78 is 5.18. The van der Waals surface area contributed by atoms with Crippen LogP contribution in [-0.4, -0.2) is 54.1 Å². The number of nitrogens with zero attached hydrogens (tertiary/aromatic N) is 3. The molecule has 8 nitrogen and oxygen atoms in total. The van der Waals surface area contributed by atoms with Gasteiger partial charge in [-0.1, -0.05) is 0 Å². The summed E-state index contributed by atoms with van der Waals surface area (Å²) in [6.45, 7) is 5.65. The molecule has 0 fully saturated rings. The molecule has 8 heteroatoms. The Bertz CT molecular complexity index is 507. The molecule has 0 spiro atoms. The number of hydrogen-bond acceptors (Lipinski definition) is 6. The summed E-state index contributed by atoms with van der Waals surface area (Å²) in [4.78, 5) is 28.1. The van der Waals surface area contributed by atoms with Gasteiger partial charge in [-0.25, -0.2) is 4.98 Å². The maximum absolute atomic E-state index is 12.3. The zero-order valence-electron chi connectivity index (χ0n) is 12.5. The molecule has 0 atom stereocenters. The molecule has 1 heterocycles. The van der Waals surface area contributed by atoms with Crippen molar-refractivity contribution in [3.63, 3.8) is 0 Å². The van der Waals surface area contributed by atoms with Crippen molar-refractivity contribution in [2.45, 2.75) is 13.8 Å². The smallest absolute Gasteiger partial charge is 0.300 e. The maximum atomic E-state index is 12.3. The van der Waals surface area contributed by atoms with Gasteiger partial charge in [0.05, 0.1) is 11.5 Å². The quantitative estimate of drug-likeness (QED) is 0.444. The number of nitrogens with one attached hydrogen (secondary N) is 1. The van der Waals surface area contributed by atoms with Crippen LogP contribution in [0.5, 0.6) is 0 Å². The van der Waals surface area contributed by atoms with Gasteiger partial charge in [0.25, 0.3) is 11.6 Å². The van der Waals surface area contributed by atoms with Crippen molar-refractivity contribution in [3.8, 4) is 0 Å². The number of anilines is 1.